The Labute approximate surface area is 211 Å². The van der Waals surface area contributed by atoms with E-state index in [0.717, 1.165) is 6.42 Å². The quantitative estimate of drug-likeness (QED) is 0.276. The monoisotopic (exact) mass is 524 g/mol. The SMILES string of the molecule is CC(C)CC(=O)COP(=O)(CO[C@H](C)Cn1cnc2c(N)ncnc21)NC1(C(=O)OC(C)C)CCC1. The first-order chi connectivity index (χ1) is 16.9. The van der Waals surface area contributed by atoms with Crippen LogP contribution in [0.4, 0.5) is 5.82 Å². The molecule has 0 amide bonds. The van der Waals surface area contributed by atoms with E-state index in [9.17, 15) is 14.2 Å². The van der Waals surface area contributed by atoms with E-state index < -0.39 is 25.1 Å². The number of fused-ring (bicyclic) bond motifs is 1. The highest BCUT2D eigenvalue weighted by atomic mass is 31.2. The number of Topliss-reactive ketones (excluding diaryl/α,β-unsaturated/α-hetero) is 1. The number of aromatic nitrogens is 4. The van der Waals surface area contributed by atoms with Crippen molar-refractivity contribution in [3.63, 3.8) is 0 Å². The Hall–Kier alpha value is -2.40. The second kappa shape index (κ2) is 11.8. The molecule has 1 fully saturated rings. The molecule has 2 atom stereocenters. The van der Waals surface area contributed by atoms with Gasteiger partial charge in [0.2, 0.25) is 0 Å². The number of carbonyl (C=O) groups is 2. The van der Waals surface area contributed by atoms with Gasteiger partial charge in [0.1, 0.15) is 30.3 Å². The number of ketones is 1. The summed E-state index contributed by atoms with van der Waals surface area (Å²) in [6.45, 7) is 9.17. The van der Waals surface area contributed by atoms with Crippen molar-refractivity contribution in [3.05, 3.63) is 12.7 Å². The third kappa shape index (κ3) is 7.09. The van der Waals surface area contributed by atoms with Crippen molar-refractivity contribution >= 4 is 36.3 Å². The molecule has 0 saturated heterocycles. The van der Waals surface area contributed by atoms with Gasteiger partial charge in [-0.1, -0.05) is 13.8 Å². The lowest BCUT2D eigenvalue weighted by atomic mass is 9.78. The Kier molecular flexibility index (Phi) is 9.21. The van der Waals surface area contributed by atoms with Gasteiger partial charge in [-0.3, -0.25) is 14.2 Å². The molecule has 13 heteroatoms. The van der Waals surface area contributed by atoms with Crippen LogP contribution in [0.2, 0.25) is 0 Å². The first kappa shape index (κ1) is 28.2. The minimum atomic E-state index is -3.76. The number of hydrogen-bond acceptors (Lipinski definition) is 10. The third-order valence-corrected chi connectivity index (χ3v) is 7.61. The van der Waals surface area contributed by atoms with Crippen LogP contribution in [0.3, 0.4) is 0 Å². The summed E-state index contributed by atoms with van der Waals surface area (Å²) in [4.78, 5) is 37.5. The second-order valence-electron chi connectivity index (χ2n) is 10.0. The van der Waals surface area contributed by atoms with Crippen molar-refractivity contribution in [3.8, 4) is 0 Å². The number of anilines is 1. The highest BCUT2D eigenvalue weighted by Crippen LogP contribution is 2.49. The van der Waals surface area contributed by atoms with E-state index in [2.05, 4.69) is 20.0 Å². The van der Waals surface area contributed by atoms with Crippen LogP contribution < -0.4 is 10.8 Å². The molecule has 1 aliphatic carbocycles. The van der Waals surface area contributed by atoms with Crippen LogP contribution in [-0.2, 0) is 34.7 Å². The van der Waals surface area contributed by atoms with Crippen LogP contribution >= 0.6 is 7.52 Å². The van der Waals surface area contributed by atoms with E-state index in [1.165, 1.54) is 6.33 Å². The Bertz CT molecular complexity index is 1120. The molecule has 1 aliphatic rings. The van der Waals surface area contributed by atoms with Crippen molar-refractivity contribution in [2.24, 2.45) is 5.92 Å². The van der Waals surface area contributed by atoms with Crippen molar-refractivity contribution in [1.82, 2.24) is 24.6 Å². The van der Waals surface area contributed by atoms with Gasteiger partial charge in [0, 0.05) is 6.42 Å². The smallest absolute Gasteiger partial charge is 0.327 e. The lowest BCUT2D eigenvalue weighted by Crippen LogP contribution is -2.57. The molecule has 3 rings (SSSR count). The Morgan fingerprint density at radius 3 is 2.53 bits per heavy atom. The normalized spacial score (nSPS) is 17.6. The number of esters is 1. The fourth-order valence-corrected chi connectivity index (χ4v) is 5.90. The number of nitrogen functional groups attached to an aromatic ring is 1. The van der Waals surface area contributed by atoms with Gasteiger partial charge < -0.3 is 24.3 Å². The summed E-state index contributed by atoms with van der Waals surface area (Å²) >= 11 is 0. The minimum Gasteiger partial charge on any atom is -0.462 e. The van der Waals surface area contributed by atoms with E-state index in [1.54, 1.807) is 31.7 Å². The van der Waals surface area contributed by atoms with Gasteiger partial charge in [0.25, 0.3) is 7.52 Å². The molecule has 36 heavy (non-hydrogen) atoms. The molecule has 0 aliphatic heterocycles. The number of nitrogens with two attached hydrogens (primary N) is 1. The lowest BCUT2D eigenvalue weighted by molar-refractivity contribution is -0.158. The number of nitrogens with zero attached hydrogens (tertiary/aromatic N) is 4. The van der Waals surface area contributed by atoms with E-state index in [1.807, 2.05) is 13.8 Å². The fraction of sp³-hybridized carbons (Fsp3) is 0.696. The zero-order chi connectivity index (χ0) is 26.5. The van der Waals surface area contributed by atoms with E-state index >= 15 is 0 Å². The predicted molar refractivity (Wildman–Crippen MR) is 134 cm³/mol. The highest BCUT2D eigenvalue weighted by Gasteiger charge is 2.50. The fourth-order valence-electron chi connectivity index (χ4n) is 3.92. The maximum atomic E-state index is 13.9. The van der Waals surface area contributed by atoms with Crippen molar-refractivity contribution in [1.29, 1.82) is 0 Å². The van der Waals surface area contributed by atoms with Gasteiger partial charge in [-0.05, 0) is 46.0 Å². The molecule has 1 unspecified atom stereocenters. The number of nitrogens with one attached hydrogen (secondary N) is 1. The predicted octanol–water partition coefficient (Wildman–Crippen LogP) is 3.06. The van der Waals surface area contributed by atoms with E-state index in [0.29, 0.717) is 37.0 Å². The van der Waals surface area contributed by atoms with Crippen LogP contribution in [0, 0.1) is 5.92 Å². The third-order valence-electron chi connectivity index (χ3n) is 5.81. The van der Waals surface area contributed by atoms with Crippen LogP contribution in [0.5, 0.6) is 0 Å². The summed E-state index contributed by atoms with van der Waals surface area (Å²) in [6.07, 6.45) is 3.87. The summed E-state index contributed by atoms with van der Waals surface area (Å²) in [6, 6.07) is 0. The topological polar surface area (TPSA) is 161 Å². The maximum Gasteiger partial charge on any atom is 0.327 e. The summed E-state index contributed by atoms with van der Waals surface area (Å²) < 4.78 is 32.6. The van der Waals surface area contributed by atoms with E-state index in [-0.39, 0.29) is 36.6 Å². The van der Waals surface area contributed by atoms with Gasteiger partial charge in [-0.25, -0.2) is 20.0 Å². The molecule has 2 aromatic rings. The molecule has 3 N–H and O–H groups in total. The van der Waals surface area contributed by atoms with Gasteiger partial charge in [0.15, 0.2) is 17.2 Å². The Balaban J connectivity index is 1.71. The molecular formula is C23H37N6O6P. The van der Waals surface area contributed by atoms with Gasteiger partial charge in [-0.2, -0.15) is 0 Å². The largest absolute Gasteiger partial charge is 0.462 e. The number of hydrogen-bond donors (Lipinski definition) is 2. The number of ether oxygens (including phenoxy) is 2. The van der Waals surface area contributed by atoms with Crippen LogP contribution in [0.25, 0.3) is 11.2 Å². The summed E-state index contributed by atoms with van der Waals surface area (Å²) in [7, 11) is -3.76. The van der Waals surface area contributed by atoms with Crippen LogP contribution in [-0.4, -0.2) is 62.0 Å². The van der Waals surface area contributed by atoms with Crippen LogP contribution in [0.1, 0.15) is 60.3 Å². The number of rotatable bonds is 14. The molecule has 0 spiro atoms. The molecule has 0 aromatic carbocycles. The average Bonchev–Trinajstić information content (AvgIpc) is 3.17. The zero-order valence-electron chi connectivity index (χ0n) is 21.6. The van der Waals surface area contributed by atoms with E-state index in [4.69, 9.17) is 19.7 Å². The Morgan fingerprint density at radius 1 is 1.19 bits per heavy atom. The standard InChI is InChI=1S/C23H37N6O6P/c1-15(2)9-18(30)11-34-36(32,28-23(7-6-8-23)22(31)35-16(3)4)14-33-17(5)10-29-13-27-19-20(24)25-12-26-21(19)29/h12-13,15-17H,6-11,14H2,1-5H3,(H,28,32)(H2,24,25,26)/t17-,36?/m1/s1. The summed E-state index contributed by atoms with van der Waals surface area (Å²) in [5.74, 6) is -0.225. The van der Waals surface area contributed by atoms with Gasteiger partial charge >= 0.3 is 5.97 Å². The molecule has 0 radical (unpaired) electrons. The molecule has 1 saturated carbocycles. The molecule has 2 heterocycles. The molecule has 12 nitrogen and oxygen atoms in total. The molecular weight excluding hydrogens is 487 g/mol. The minimum absolute atomic E-state index is 0.145. The maximum absolute atomic E-state index is 13.9. The lowest BCUT2D eigenvalue weighted by Gasteiger charge is -2.42. The first-order valence-electron chi connectivity index (χ1n) is 12.2. The summed E-state index contributed by atoms with van der Waals surface area (Å²) in [5, 5.41) is 2.93. The second-order valence-corrected chi connectivity index (χ2v) is 12.1. The molecule has 2 aromatic heterocycles. The van der Waals surface area contributed by atoms with Crippen molar-refractivity contribution in [2.75, 3.05) is 18.7 Å². The van der Waals surface area contributed by atoms with Gasteiger partial charge in [0.05, 0.1) is 25.1 Å². The first-order valence-corrected chi connectivity index (χ1v) is 14.0. The summed E-state index contributed by atoms with van der Waals surface area (Å²) in [5.41, 5.74) is 5.77. The van der Waals surface area contributed by atoms with Crippen molar-refractivity contribution < 1.29 is 28.2 Å². The Morgan fingerprint density at radius 2 is 1.92 bits per heavy atom. The molecule has 200 valence electrons. The number of imidazole rings is 1. The van der Waals surface area contributed by atoms with Gasteiger partial charge in [-0.15, -0.1) is 0 Å². The molecule has 0 bridgehead atoms. The highest BCUT2D eigenvalue weighted by molar-refractivity contribution is 7.56. The number of carbonyl (C=O) groups excluding carboxylic acids is 2. The van der Waals surface area contributed by atoms with Crippen molar-refractivity contribution in [2.45, 2.75) is 84.6 Å². The zero-order valence-corrected chi connectivity index (χ0v) is 22.5. The van der Waals surface area contributed by atoms with Crippen LogP contribution in [0.15, 0.2) is 12.7 Å². The average molecular weight is 525 g/mol.